The Kier molecular flexibility index (Phi) is 8.34. The van der Waals surface area contributed by atoms with Crippen molar-refractivity contribution in [1.29, 1.82) is 5.26 Å². The monoisotopic (exact) mass is 515 g/mol. The van der Waals surface area contributed by atoms with Crippen molar-refractivity contribution in [3.8, 4) is 6.07 Å². The number of ether oxygens (including phenoxy) is 2. The van der Waals surface area contributed by atoms with Gasteiger partial charge in [0.1, 0.15) is 17.7 Å². The van der Waals surface area contributed by atoms with E-state index in [2.05, 4.69) is 10.6 Å². The lowest BCUT2D eigenvalue weighted by atomic mass is 9.67. The van der Waals surface area contributed by atoms with Gasteiger partial charge in [0.25, 0.3) is 0 Å². The van der Waals surface area contributed by atoms with E-state index in [0.29, 0.717) is 12.0 Å². The summed E-state index contributed by atoms with van der Waals surface area (Å²) >= 11 is 1.48. The van der Waals surface area contributed by atoms with Crippen LogP contribution in [0.1, 0.15) is 59.1 Å². The Morgan fingerprint density at radius 2 is 1.86 bits per heavy atom. The lowest BCUT2D eigenvalue weighted by molar-refractivity contribution is -0.156. The van der Waals surface area contributed by atoms with Crippen LogP contribution >= 0.6 is 11.8 Å². The van der Waals surface area contributed by atoms with E-state index in [-0.39, 0.29) is 24.1 Å². The Balaban J connectivity index is 1.71. The zero-order chi connectivity index (χ0) is 26.7. The number of carbonyl (C=O) groups is 4. The number of ketones is 1. The molecule has 10 heteroatoms. The van der Waals surface area contributed by atoms with Crippen LogP contribution in [0.25, 0.3) is 0 Å². The molecule has 1 saturated carbocycles. The Bertz CT molecular complexity index is 1050. The van der Waals surface area contributed by atoms with E-state index in [9.17, 15) is 19.2 Å². The van der Waals surface area contributed by atoms with E-state index >= 15 is 0 Å². The highest BCUT2D eigenvalue weighted by atomic mass is 32.2. The summed E-state index contributed by atoms with van der Waals surface area (Å²) in [4.78, 5) is 51.7. The molecule has 1 aliphatic heterocycles. The molecular formula is C26H33N3O6S. The third kappa shape index (κ3) is 6.19. The maximum Gasteiger partial charge on any atom is 0.408 e. The number of nitriles is 1. The number of carbonyl (C=O) groups excluding carboxylic acids is 4. The van der Waals surface area contributed by atoms with Gasteiger partial charge in [0, 0.05) is 22.3 Å². The molecule has 194 valence electrons. The molecule has 0 spiro atoms. The number of alkyl carbamates (subject to hydrolysis) is 1. The van der Waals surface area contributed by atoms with Gasteiger partial charge in [0.15, 0.2) is 5.78 Å². The van der Waals surface area contributed by atoms with Crippen LogP contribution in [-0.2, 0) is 23.9 Å². The van der Waals surface area contributed by atoms with E-state index < -0.39 is 52.2 Å². The number of benzene rings is 1. The van der Waals surface area contributed by atoms with Gasteiger partial charge in [-0.15, -0.1) is 11.8 Å². The van der Waals surface area contributed by atoms with Crippen LogP contribution in [-0.4, -0.2) is 52.0 Å². The molecule has 0 aromatic heterocycles. The molecular weight excluding hydrogens is 482 g/mol. The van der Waals surface area contributed by atoms with Crippen molar-refractivity contribution < 1.29 is 28.7 Å². The molecule has 9 nitrogen and oxygen atoms in total. The molecule has 2 amide bonds. The van der Waals surface area contributed by atoms with Gasteiger partial charge in [-0.05, 0) is 46.6 Å². The number of nitrogens with zero attached hydrogens (tertiary/aromatic N) is 1. The number of Topliss-reactive ketones (excluding diaryl/α,β-unsaturated/α-hetero) is 1. The van der Waals surface area contributed by atoms with Crippen LogP contribution in [0.2, 0.25) is 0 Å². The summed E-state index contributed by atoms with van der Waals surface area (Å²) in [6.07, 6.45) is -0.0240. The number of rotatable bonds is 8. The number of nitrogens with one attached hydrogen (secondary N) is 2. The molecule has 2 N–H and O–H groups in total. The van der Waals surface area contributed by atoms with E-state index in [1.807, 2.05) is 19.9 Å². The minimum Gasteiger partial charge on any atom is -0.465 e. The molecule has 3 rings (SSSR count). The highest BCUT2D eigenvalue weighted by molar-refractivity contribution is 8.01. The van der Waals surface area contributed by atoms with Gasteiger partial charge in [-0.2, -0.15) is 5.26 Å². The first-order valence-electron chi connectivity index (χ1n) is 12.0. The number of hydrogen-bond donors (Lipinski definition) is 2. The van der Waals surface area contributed by atoms with Crippen LogP contribution in [0, 0.1) is 23.2 Å². The number of thioether (sulfide) groups is 1. The molecule has 5 atom stereocenters. The number of unbranched alkanes of at least 4 members (excludes halogenated alkanes) is 1. The SMILES string of the molecule is CC(C)(C)OC(=O)N[C@@H](C(=O)N[C@@H]1C(=O)C2[C@@H](C(=O)OCCCC#N)C(C)(C)S[C@@H]21)c1ccccc1. The zero-order valence-electron chi connectivity index (χ0n) is 21.2. The number of esters is 1. The Labute approximate surface area is 215 Å². The first-order chi connectivity index (χ1) is 16.9. The average molecular weight is 516 g/mol. The number of fused-ring (bicyclic) bond motifs is 1. The van der Waals surface area contributed by atoms with Crippen molar-refractivity contribution in [3.05, 3.63) is 35.9 Å². The Morgan fingerprint density at radius 3 is 2.47 bits per heavy atom. The third-order valence-electron chi connectivity index (χ3n) is 6.15. The predicted molar refractivity (Wildman–Crippen MR) is 134 cm³/mol. The normalized spacial score (nSPS) is 24.9. The molecule has 1 aromatic carbocycles. The van der Waals surface area contributed by atoms with Gasteiger partial charge in [-0.3, -0.25) is 14.4 Å². The summed E-state index contributed by atoms with van der Waals surface area (Å²) in [6.45, 7) is 9.08. The van der Waals surface area contributed by atoms with Crippen molar-refractivity contribution in [3.63, 3.8) is 0 Å². The third-order valence-corrected chi connectivity index (χ3v) is 7.85. The molecule has 1 aromatic rings. The van der Waals surface area contributed by atoms with Crippen LogP contribution < -0.4 is 10.6 Å². The average Bonchev–Trinajstić information content (AvgIpc) is 3.05. The van der Waals surface area contributed by atoms with Gasteiger partial charge in [-0.1, -0.05) is 30.3 Å². The summed E-state index contributed by atoms with van der Waals surface area (Å²) in [5.74, 6) is -2.42. The van der Waals surface area contributed by atoms with Crippen molar-refractivity contribution in [2.75, 3.05) is 6.61 Å². The highest BCUT2D eigenvalue weighted by Crippen LogP contribution is 2.58. The first kappa shape index (κ1) is 27.5. The fourth-order valence-electron chi connectivity index (χ4n) is 4.58. The largest absolute Gasteiger partial charge is 0.465 e. The second kappa shape index (κ2) is 10.9. The van der Waals surface area contributed by atoms with E-state index in [1.165, 1.54) is 11.8 Å². The van der Waals surface area contributed by atoms with Gasteiger partial charge in [0.2, 0.25) is 5.91 Å². The lowest BCUT2D eigenvalue weighted by Gasteiger charge is -2.40. The van der Waals surface area contributed by atoms with Gasteiger partial charge >= 0.3 is 12.1 Å². The molecule has 1 heterocycles. The highest BCUT2D eigenvalue weighted by Gasteiger charge is 2.66. The summed E-state index contributed by atoms with van der Waals surface area (Å²) in [5, 5.41) is 13.8. The Hall–Kier alpha value is -3.06. The van der Waals surface area contributed by atoms with Crippen molar-refractivity contribution in [2.24, 2.45) is 11.8 Å². The van der Waals surface area contributed by atoms with Gasteiger partial charge in [0.05, 0.1) is 18.6 Å². The number of amides is 2. The number of hydrogen-bond acceptors (Lipinski definition) is 8. The standard InChI is InChI=1S/C26H33N3O6S/c1-25(2,3)35-24(33)29-18(15-11-7-6-8-12-15)22(31)28-19-20(30)16-17(26(4,5)36-21(16)19)23(32)34-14-10-9-13-27/h6-8,11-12,16-19,21H,9-10,14H2,1-5H3,(H,28,31)(H,29,33)/t16?,17-,18+,19+,21-/m0/s1. The molecule has 0 bridgehead atoms. The summed E-state index contributed by atoms with van der Waals surface area (Å²) in [5.41, 5.74) is -0.203. The van der Waals surface area contributed by atoms with Crippen LogP contribution in [0.3, 0.4) is 0 Å². The quantitative estimate of drug-likeness (QED) is 0.398. The summed E-state index contributed by atoms with van der Waals surface area (Å²) in [6, 6.07) is 8.87. The van der Waals surface area contributed by atoms with Crippen LogP contribution in [0.4, 0.5) is 4.79 Å². The van der Waals surface area contributed by atoms with Gasteiger partial charge in [-0.25, -0.2) is 4.79 Å². The summed E-state index contributed by atoms with van der Waals surface area (Å²) < 4.78 is 10.1. The first-order valence-corrected chi connectivity index (χ1v) is 12.8. The lowest BCUT2D eigenvalue weighted by Crippen LogP contribution is -2.64. The molecule has 1 aliphatic carbocycles. The Morgan fingerprint density at radius 1 is 1.19 bits per heavy atom. The smallest absolute Gasteiger partial charge is 0.408 e. The minimum atomic E-state index is -1.06. The maximum absolute atomic E-state index is 13.3. The van der Waals surface area contributed by atoms with Crippen LogP contribution in [0.15, 0.2) is 30.3 Å². The van der Waals surface area contributed by atoms with Crippen molar-refractivity contribution in [2.45, 2.75) is 75.1 Å². The fourth-order valence-corrected chi connectivity index (χ4v) is 6.44. The molecule has 0 radical (unpaired) electrons. The fraction of sp³-hybridized carbons (Fsp3) is 0.577. The van der Waals surface area contributed by atoms with E-state index in [0.717, 1.165) is 0 Å². The molecule has 36 heavy (non-hydrogen) atoms. The van der Waals surface area contributed by atoms with Crippen LogP contribution in [0.5, 0.6) is 0 Å². The molecule has 1 unspecified atom stereocenters. The molecule has 1 saturated heterocycles. The minimum absolute atomic E-state index is 0.129. The van der Waals surface area contributed by atoms with Crippen molar-refractivity contribution in [1.82, 2.24) is 10.6 Å². The second-order valence-electron chi connectivity index (χ2n) is 10.5. The van der Waals surface area contributed by atoms with E-state index in [4.69, 9.17) is 14.7 Å². The van der Waals surface area contributed by atoms with Crippen molar-refractivity contribution >= 4 is 35.5 Å². The van der Waals surface area contributed by atoms with E-state index in [1.54, 1.807) is 51.1 Å². The molecule has 2 aliphatic rings. The molecule has 2 fully saturated rings. The maximum atomic E-state index is 13.3. The predicted octanol–water partition coefficient (Wildman–Crippen LogP) is 3.29. The van der Waals surface area contributed by atoms with Gasteiger partial charge < -0.3 is 20.1 Å². The summed E-state index contributed by atoms with van der Waals surface area (Å²) in [7, 11) is 0. The zero-order valence-corrected chi connectivity index (χ0v) is 22.0. The second-order valence-corrected chi connectivity index (χ2v) is 12.3. The topological polar surface area (TPSA) is 135 Å².